The van der Waals surface area contributed by atoms with Gasteiger partial charge in [0.1, 0.15) is 6.04 Å². The molecule has 1 aromatic rings. The fraction of sp³-hybridized carbons (Fsp3) is 0.500. The van der Waals surface area contributed by atoms with Crippen LogP contribution in [0.2, 0.25) is 0 Å². The lowest BCUT2D eigenvalue weighted by Gasteiger charge is -2.19. The van der Waals surface area contributed by atoms with Crippen LogP contribution in [0.3, 0.4) is 0 Å². The molecule has 2 amide bonds. The number of hydrogen-bond donors (Lipinski definition) is 3. The van der Waals surface area contributed by atoms with Crippen molar-refractivity contribution in [3.05, 3.63) is 29.8 Å². The van der Waals surface area contributed by atoms with E-state index in [1.165, 1.54) is 0 Å². The second-order valence-electron chi connectivity index (χ2n) is 5.56. The van der Waals surface area contributed by atoms with Gasteiger partial charge in [-0.15, -0.1) is 0 Å². The van der Waals surface area contributed by atoms with Gasteiger partial charge >= 0.3 is 0 Å². The fourth-order valence-corrected chi connectivity index (χ4v) is 2.15. The molecule has 5 heteroatoms. The van der Waals surface area contributed by atoms with Crippen LogP contribution in [0, 0.1) is 5.92 Å². The van der Waals surface area contributed by atoms with E-state index in [4.69, 9.17) is 5.73 Å². The average Bonchev–Trinajstić information content (AvgIpc) is 2.44. The van der Waals surface area contributed by atoms with Crippen LogP contribution in [0.5, 0.6) is 0 Å². The number of anilines is 1. The third-order valence-electron chi connectivity index (χ3n) is 3.28. The van der Waals surface area contributed by atoms with E-state index in [2.05, 4.69) is 10.6 Å². The third kappa shape index (κ3) is 5.85. The number of carbonyl (C=O) groups excluding carboxylic acids is 2. The van der Waals surface area contributed by atoms with E-state index in [0.717, 1.165) is 5.56 Å². The van der Waals surface area contributed by atoms with Gasteiger partial charge in [0, 0.05) is 19.2 Å². The molecule has 1 aromatic carbocycles. The number of amides is 2. The number of likely N-dealkylation sites (N-methyl/N-ethyl adjacent to an activating group) is 1. The topological polar surface area (TPSA) is 84.2 Å². The molecule has 0 saturated carbocycles. The fourth-order valence-electron chi connectivity index (χ4n) is 2.15. The monoisotopic (exact) mass is 291 g/mol. The molecule has 21 heavy (non-hydrogen) atoms. The number of nitrogen functional groups attached to an aromatic ring is 1. The van der Waals surface area contributed by atoms with Crippen molar-refractivity contribution in [1.29, 1.82) is 0 Å². The summed E-state index contributed by atoms with van der Waals surface area (Å²) in [7, 11) is 1.58. The number of benzene rings is 1. The van der Waals surface area contributed by atoms with Crippen molar-refractivity contribution in [2.45, 2.75) is 39.2 Å². The van der Waals surface area contributed by atoms with Crippen molar-refractivity contribution < 1.29 is 9.59 Å². The van der Waals surface area contributed by atoms with Gasteiger partial charge in [-0.2, -0.15) is 0 Å². The summed E-state index contributed by atoms with van der Waals surface area (Å²) in [6, 6.07) is 7.01. The number of para-hydroxylation sites is 1. The first kappa shape index (κ1) is 17.0. The normalized spacial score (nSPS) is 12.0. The number of nitrogens with one attached hydrogen (secondary N) is 2. The smallest absolute Gasteiger partial charge is 0.242 e. The summed E-state index contributed by atoms with van der Waals surface area (Å²) in [6.45, 7) is 4.04. The minimum Gasteiger partial charge on any atom is -0.399 e. The van der Waals surface area contributed by atoms with Gasteiger partial charge < -0.3 is 16.4 Å². The first-order chi connectivity index (χ1) is 9.93. The molecule has 0 saturated heterocycles. The van der Waals surface area contributed by atoms with Crippen molar-refractivity contribution in [2.24, 2.45) is 5.92 Å². The van der Waals surface area contributed by atoms with Gasteiger partial charge in [0.2, 0.25) is 11.8 Å². The standard InChI is InChI=1S/C16H25N3O2/c1-11(2)10-14(16(21)18-3)19-15(20)9-8-12-6-4-5-7-13(12)17/h4-7,11,14H,8-10,17H2,1-3H3,(H,18,21)(H,19,20). The lowest BCUT2D eigenvalue weighted by molar-refractivity contribution is -0.129. The van der Waals surface area contributed by atoms with Crippen molar-refractivity contribution in [2.75, 3.05) is 12.8 Å². The van der Waals surface area contributed by atoms with E-state index in [-0.39, 0.29) is 11.8 Å². The maximum Gasteiger partial charge on any atom is 0.242 e. The molecule has 0 fully saturated rings. The Kier molecular flexibility index (Phi) is 6.72. The zero-order valence-corrected chi connectivity index (χ0v) is 13.0. The number of aryl methyl sites for hydroxylation is 1. The Morgan fingerprint density at radius 3 is 2.48 bits per heavy atom. The number of hydrogen-bond acceptors (Lipinski definition) is 3. The quantitative estimate of drug-likeness (QED) is 0.665. The molecule has 1 unspecified atom stereocenters. The van der Waals surface area contributed by atoms with E-state index in [9.17, 15) is 9.59 Å². The largest absolute Gasteiger partial charge is 0.399 e. The van der Waals surface area contributed by atoms with Crippen LogP contribution in [-0.4, -0.2) is 24.9 Å². The highest BCUT2D eigenvalue weighted by molar-refractivity contribution is 5.87. The summed E-state index contributed by atoms with van der Waals surface area (Å²) in [5.74, 6) is 0.0427. The third-order valence-corrected chi connectivity index (χ3v) is 3.28. The van der Waals surface area contributed by atoms with Crippen molar-refractivity contribution in [3.63, 3.8) is 0 Å². The SMILES string of the molecule is CNC(=O)C(CC(C)C)NC(=O)CCc1ccccc1N. The average molecular weight is 291 g/mol. The minimum absolute atomic E-state index is 0.132. The van der Waals surface area contributed by atoms with Crippen LogP contribution >= 0.6 is 0 Å². The predicted octanol–water partition coefficient (Wildman–Crippen LogP) is 1.48. The number of rotatable bonds is 7. The Labute approximate surface area is 126 Å². The summed E-state index contributed by atoms with van der Waals surface area (Å²) in [6.07, 6.45) is 1.51. The summed E-state index contributed by atoms with van der Waals surface area (Å²) in [4.78, 5) is 23.8. The lowest BCUT2D eigenvalue weighted by Crippen LogP contribution is -2.46. The minimum atomic E-state index is -0.476. The van der Waals surface area contributed by atoms with Crippen LogP contribution in [-0.2, 0) is 16.0 Å². The van der Waals surface area contributed by atoms with Gasteiger partial charge in [0.05, 0.1) is 0 Å². The highest BCUT2D eigenvalue weighted by Crippen LogP contribution is 2.13. The second kappa shape index (κ2) is 8.29. The first-order valence-corrected chi connectivity index (χ1v) is 7.28. The lowest BCUT2D eigenvalue weighted by atomic mass is 10.0. The van der Waals surface area contributed by atoms with E-state index >= 15 is 0 Å². The summed E-state index contributed by atoms with van der Waals surface area (Å²) >= 11 is 0. The van der Waals surface area contributed by atoms with Crippen LogP contribution in [0.1, 0.15) is 32.3 Å². The maximum absolute atomic E-state index is 12.0. The molecule has 5 nitrogen and oxygen atoms in total. The van der Waals surface area contributed by atoms with Crippen LogP contribution in [0.15, 0.2) is 24.3 Å². The highest BCUT2D eigenvalue weighted by atomic mass is 16.2. The zero-order chi connectivity index (χ0) is 15.8. The maximum atomic E-state index is 12.0. The Balaban J connectivity index is 2.54. The number of carbonyl (C=O) groups is 2. The molecule has 0 aromatic heterocycles. The Hall–Kier alpha value is -2.04. The van der Waals surface area contributed by atoms with E-state index in [1.807, 2.05) is 38.1 Å². The van der Waals surface area contributed by atoms with Crippen molar-refractivity contribution in [3.8, 4) is 0 Å². The molecule has 0 bridgehead atoms. The van der Waals surface area contributed by atoms with Gasteiger partial charge in [-0.1, -0.05) is 32.0 Å². The molecule has 0 aliphatic heterocycles. The molecule has 1 atom stereocenters. The molecule has 0 aliphatic carbocycles. The van der Waals surface area contributed by atoms with Gasteiger partial charge in [-0.3, -0.25) is 9.59 Å². The van der Waals surface area contributed by atoms with Crippen LogP contribution in [0.25, 0.3) is 0 Å². The first-order valence-electron chi connectivity index (χ1n) is 7.28. The van der Waals surface area contributed by atoms with Gasteiger partial charge in [-0.05, 0) is 30.4 Å². The Bertz CT molecular complexity index is 486. The Morgan fingerprint density at radius 2 is 1.90 bits per heavy atom. The summed E-state index contributed by atoms with van der Waals surface area (Å²) in [5.41, 5.74) is 7.49. The van der Waals surface area contributed by atoms with Gasteiger partial charge in [-0.25, -0.2) is 0 Å². The molecular weight excluding hydrogens is 266 g/mol. The summed E-state index contributed by atoms with van der Waals surface area (Å²) < 4.78 is 0. The van der Waals surface area contributed by atoms with Gasteiger partial charge in [0.15, 0.2) is 0 Å². The van der Waals surface area contributed by atoms with E-state index in [0.29, 0.717) is 30.9 Å². The van der Waals surface area contributed by atoms with Crippen LogP contribution < -0.4 is 16.4 Å². The molecular formula is C16H25N3O2. The molecule has 1 rings (SSSR count). The van der Waals surface area contributed by atoms with E-state index in [1.54, 1.807) is 7.05 Å². The van der Waals surface area contributed by atoms with Crippen molar-refractivity contribution in [1.82, 2.24) is 10.6 Å². The molecule has 0 aliphatic rings. The van der Waals surface area contributed by atoms with Crippen LogP contribution in [0.4, 0.5) is 5.69 Å². The molecule has 0 spiro atoms. The predicted molar refractivity (Wildman–Crippen MR) is 84.6 cm³/mol. The molecule has 116 valence electrons. The van der Waals surface area contributed by atoms with E-state index < -0.39 is 6.04 Å². The van der Waals surface area contributed by atoms with Crippen molar-refractivity contribution >= 4 is 17.5 Å². The summed E-state index contributed by atoms with van der Waals surface area (Å²) in [5, 5.41) is 5.38. The molecule has 0 radical (unpaired) electrons. The molecule has 4 N–H and O–H groups in total. The second-order valence-corrected chi connectivity index (χ2v) is 5.56. The number of nitrogens with two attached hydrogens (primary N) is 1. The molecule has 0 heterocycles. The van der Waals surface area contributed by atoms with Gasteiger partial charge in [0.25, 0.3) is 0 Å². The zero-order valence-electron chi connectivity index (χ0n) is 13.0. The Morgan fingerprint density at radius 1 is 1.24 bits per heavy atom. The highest BCUT2D eigenvalue weighted by Gasteiger charge is 2.20.